The summed E-state index contributed by atoms with van der Waals surface area (Å²) in [5.74, 6) is 0. The van der Waals surface area contributed by atoms with E-state index in [0.717, 1.165) is 18.7 Å². The lowest BCUT2D eigenvalue weighted by molar-refractivity contribution is 0.911. The minimum absolute atomic E-state index is 0.955. The molecule has 0 amide bonds. The molecule has 0 bridgehead atoms. The van der Waals surface area contributed by atoms with Crippen LogP contribution in [0, 0.1) is 0 Å². The average molecular weight is 275 g/mol. The SMILES string of the molecule is C=C1c2cc(CC)ccc2CN1c1ccc2c(c1)CCC2. The Kier molecular flexibility index (Phi) is 2.88. The fraction of sp³-hybridized carbons (Fsp3) is 0.300. The first kappa shape index (κ1) is 12.7. The number of rotatable bonds is 2. The van der Waals surface area contributed by atoms with Crippen molar-refractivity contribution < 1.29 is 0 Å². The van der Waals surface area contributed by atoms with Crippen molar-refractivity contribution in [3.05, 3.63) is 70.8 Å². The average Bonchev–Trinajstić information content (AvgIpc) is 3.11. The van der Waals surface area contributed by atoms with Crippen LogP contribution in [0.3, 0.4) is 0 Å². The summed E-state index contributed by atoms with van der Waals surface area (Å²) in [5, 5.41) is 0. The zero-order valence-electron chi connectivity index (χ0n) is 12.7. The number of aryl methyl sites for hydroxylation is 3. The third-order valence-corrected chi connectivity index (χ3v) is 4.94. The minimum atomic E-state index is 0.955. The summed E-state index contributed by atoms with van der Waals surface area (Å²) in [4.78, 5) is 2.36. The van der Waals surface area contributed by atoms with E-state index in [1.165, 1.54) is 52.8 Å². The maximum Gasteiger partial charge on any atom is 0.0488 e. The number of anilines is 1. The van der Waals surface area contributed by atoms with Crippen LogP contribution in [-0.4, -0.2) is 0 Å². The Balaban J connectivity index is 1.70. The maximum absolute atomic E-state index is 4.35. The van der Waals surface area contributed by atoms with Crippen LogP contribution in [-0.2, 0) is 25.8 Å². The Morgan fingerprint density at radius 3 is 2.67 bits per heavy atom. The summed E-state index contributed by atoms with van der Waals surface area (Å²) in [5.41, 5.74) is 9.64. The van der Waals surface area contributed by atoms with E-state index in [1.54, 1.807) is 0 Å². The van der Waals surface area contributed by atoms with Crippen LogP contribution in [0.5, 0.6) is 0 Å². The third kappa shape index (κ3) is 1.99. The van der Waals surface area contributed by atoms with Crippen LogP contribution >= 0.6 is 0 Å². The molecule has 1 aliphatic heterocycles. The van der Waals surface area contributed by atoms with Gasteiger partial charge in [0.25, 0.3) is 0 Å². The molecule has 0 aromatic heterocycles. The van der Waals surface area contributed by atoms with Crippen molar-refractivity contribution in [2.24, 2.45) is 0 Å². The lowest BCUT2D eigenvalue weighted by Crippen LogP contribution is -2.13. The van der Waals surface area contributed by atoms with E-state index in [2.05, 4.69) is 54.8 Å². The van der Waals surface area contributed by atoms with Gasteiger partial charge in [-0.1, -0.05) is 31.7 Å². The van der Waals surface area contributed by atoms with Crippen molar-refractivity contribution in [2.45, 2.75) is 39.2 Å². The van der Waals surface area contributed by atoms with E-state index < -0.39 is 0 Å². The molecular formula is C20H21N. The van der Waals surface area contributed by atoms with E-state index in [1.807, 2.05) is 0 Å². The van der Waals surface area contributed by atoms with Crippen molar-refractivity contribution in [1.29, 1.82) is 0 Å². The van der Waals surface area contributed by atoms with Crippen molar-refractivity contribution in [1.82, 2.24) is 0 Å². The molecule has 0 unspecified atom stereocenters. The van der Waals surface area contributed by atoms with Crippen LogP contribution in [0.4, 0.5) is 5.69 Å². The zero-order chi connectivity index (χ0) is 14.4. The smallest absolute Gasteiger partial charge is 0.0488 e. The van der Waals surface area contributed by atoms with Crippen LogP contribution < -0.4 is 4.90 Å². The predicted octanol–water partition coefficient (Wildman–Crippen LogP) is 4.73. The minimum Gasteiger partial charge on any atom is -0.337 e. The fourth-order valence-electron chi connectivity index (χ4n) is 3.63. The molecule has 1 heteroatoms. The summed E-state index contributed by atoms with van der Waals surface area (Å²) < 4.78 is 0. The third-order valence-electron chi connectivity index (χ3n) is 4.94. The second-order valence-electron chi connectivity index (χ2n) is 6.18. The first-order valence-electron chi connectivity index (χ1n) is 7.96. The monoisotopic (exact) mass is 275 g/mol. The number of fused-ring (bicyclic) bond motifs is 2. The number of benzene rings is 2. The van der Waals surface area contributed by atoms with Gasteiger partial charge in [-0.2, -0.15) is 0 Å². The molecule has 4 rings (SSSR count). The number of hydrogen-bond donors (Lipinski definition) is 0. The number of nitrogens with zero attached hydrogens (tertiary/aromatic N) is 1. The second-order valence-corrected chi connectivity index (χ2v) is 6.18. The molecule has 0 N–H and O–H groups in total. The van der Waals surface area contributed by atoms with Gasteiger partial charge in [-0.05, 0) is 66.1 Å². The molecular weight excluding hydrogens is 254 g/mol. The van der Waals surface area contributed by atoms with Crippen molar-refractivity contribution in [3.8, 4) is 0 Å². The summed E-state index contributed by atoms with van der Waals surface area (Å²) in [6.45, 7) is 7.51. The van der Waals surface area contributed by atoms with Gasteiger partial charge < -0.3 is 4.90 Å². The number of hydrogen-bond acceptors (Lipinski definition) is 1. The van der Waals surface area contributed by atoms with Gasteiger partial charge in [0.1, 0.15) is 0 Å². The van der Waals surface area contributed by atoms with Gasteiger partial charge in [0.15, 0.2) is 0 Å². The van der Waals surface area contributed by atoms with Crippen molar-refractivity contribution in [3.63, 3.8) is 0 Å². The summed E-state index contributed by atoms with van der Waals surface area (Å²) in [6.07, 6.45) is 4.87. The van der Waals surface area contributed by atoms with E-state index in [9.17, 15) is 0 Å². The topological polar surface area (TPSA) is 3.24 Å². The fourth-order valence-corrected chi connectivity index (χ4v) is 3.63. The van der Waals surface area contributed by atoms with E-state index in [4.69, 9.17) is 0 Å². The molecule has 2 aliphatic rings. The molecule has 0 saturated carbocycles. The predicted molar refractivity (Wildman–Crippen MR) is 89.5 cm³/mol. The molecule has 0 fully saturated rings. The van der Waals surface area contributed by atoms with E-state index in [-0.39, 0.29) is 0 Å². The summed E-state index contributed by atoms with van der Waals surface area (Å²) in [6, 6.07) is 13.8. The molecule has 1 nitrogen and oxygen atoms in total. The highest BCUT2D eigenvalue weighted by Gasteiger charge is 2.24. The molecule has 2 aromatic rings. The van der Waals surface area contributed by atoms with E-state index in [0.29, 0.717) is 0 Å². The normalized spacial score (nSPS) is 16.2. The lowest BCUT2D eigenvalue weighted by atomic mass is 10.0. The quantitative estimate of drug-likeness (QED) is 0.766. The molecule has 1 heterocycles. The molecule has 0 radical (unpaired) electrons. The molecule has 0 spiro atoms. The van der Waals surface area contributed by atoms with Gasteiger partial charge in [-0.15, -0.1) is 0 Å². The summed E-state index contributed by atoms with van der Waals surface area (Å²) >= 11 is 0. The van der Waals surface area contributed by atoms with Gasteiger partial charge in [-0.3, -0.25) is 0 Å². The summed E-state index contributed by atoms with van der Waals surface area (Å²) in [7, 11) is 0. The highest BCUT2D eigenvalue weighted by molar-refractivity contribution is 5.84. The van der Waals surface area contributed by atoms with Gasteiger partial charge in [-0.25, -0.2) is 0 Å². The van der Waals surface area contributed by atoms with Crippen molar-refractivity contribution >= 4 is 11.4 Å². The molecule has 0 saturated heterocycles. The molecule has 0 atom stereocenters. The van der Waals surface area contributed by atoms with Gasteiger partial charge >= 0.3 is 0 Å². The molecule has 21 heavy (non-hydrogen) atoms. The van der Waals surface area contributed by atoms with Crippen LogP contribution in [0.2, 0.25) is 0 Å². The standard InChI is InChI=1S/C20H21N/c1-3-15-7-8-18-13-21(14(2)20(18)11-15)19-10-9-16-5-4-6-17(16)12-19/h7-12H,2-6,13H2,1H3. The first-order chi connectivity index (χ1) is 10.3. The van der Waals surface area contributed by atoms with Gasteiger partial charge in [0.05, 0.1) is 0 Å². The highest BCUT2D eigenvalue weighted by Crippen LogP contribution is 2.38. The first-order valence-corrected chi connectivity index (χ1v) is 7.96. The highest BCUT2D eigenvalue weighted by atomic mass is 15.2. The van der Waals surface area contributed by atoms with Crippen molar-refractivity contribution in [2.75, 3.05) is 4.90 Å². The maximum atomic E-state index is 4.35. The van der Waals surface area contributed by atoms with Crippen LogP contribution in [0.25, 0.3) is 5.70 Å². The Morgan fingerprint density at radius 2 is 1.81 bits per heavy atom. The Labute approximate surface area is 126 Å². The lowest BCUT2D eigenvalue weighted by Gasteiger charge is -2.20. The second kappa shape index (κ2) is 4.77. The Hall–Kier alpha value is -2.02. The zero-order valence-corrected chi connectivity index (χ0v) is 12.7. The van der Waals surface area contributed by atoms with Gasteiger partial charge in [0, 0.05) is 23.5 Å². The van der Waals surface area contributed by atoms with Crippen LogP contribution in [0.15, 0.2) is 43.0 Å². The Bertz CT molecular complexity index is 727. The van der Waals surface area contributed by atoms with E-state index >= 15 is 0 Å². The molecule has 1 aliphatic carbocycles. The Morgan fingerprint density at radius 1 is 1.00 bits per heavy atom. The molecule has 106 valence electrons. The largest absolute Gasteiger partial charge is 0.337 e. The molecule has 2 aromatic carbocycles. The van der Waals surface area contributed by atoms with Crippen LogP contribution in [0.1, 0.15) is 41.2 Å². The van der Waals surface area contributed by atoms with Gasteiger partial charge in [0.2, 0.25) is 0 Å².